The SMILES string of the molecule is COc1ccc(-c2ccoc2CN)cc1OC. The summed E-state index contributed by atoms with van der Waals surface area (Å²) < 4.78 is 15.8. The van der Waals surface area contributed by atoms with Crippen LogP contribution in [0.15, 0.2) is 34.9 Å². The van der Waals surface area contributed by atoms with E-state index >= 15 is 0 Å². The zero-order chi connectivity index (χ0) is 12.3. The Morgan fingerprint density at radius 3 is 2.53 bits per heavy atom. The van der Waals surface area contributed by atoms with Crippen molar-refractivity contribution >= 4 is 0 Å². The molecule has 0 spiro atoms. The van der Waals surface area contributed by atoms with Crippen LogP contribution in [0.2, 0.25) is 0 Å². The predicted molar refractivity (Wildman–Crippen MR) is 65.1 cm³/mol. The highest BCUT2D eigenvalue weighted by Gasteiger charge is 2.10. The van der Waals surface area contributed by atoms with Gasteiger partial charge in [0.2, 0.25) is 0 Å². The number of ether oxygens (including phenoxy) is 2. The second kappa shape index (κ2) is 4.93. The molecule has 0 unspecified atom stereocenters. The van der Waals surface area contributed by atoms with Crippen LogP contribution in [0, 0.1) is 0 Å². The normalized spacial score (nSPS) is 10.3. The number of nitrogens with two attached hydrogens (primary N) is 1. The molecule has 0 bridgehead atoms. The van der Waals surface area contributed by atoms with Crippen LogP contribution in [0.4, 0.5) is 0 Å². The van der Waals surface area contributed by atoms with Crippen LogP contribution >= 0.6 is 0 Å². The van der Waals surface area contributed by atoms with Gasteiger partial charge in [-0.15, -0.1) is 0 Å². The number of furan rings is 1. The van der Waals surface area contributed by atoms with Gasteiger partial charge in [-0.2, -0.15) is 0 Å². The lowest BCUT2D eigenvalue weighted by Gasteiger charge is -2.09. The van der Waals surface area contributed by atoms with Crippen LogP contribution in [-0.2, 0) is 6.54 Å². The summed E-state index contributed by atoms with van der Waals surface area (Å²) in [4.78, 5) is 0. The number of hydrogen-bond acceptors (Lipinski definition) is 4. The Labute approximate surface area is 99.9 Å². The average Bonchev–Trinajstić information content (AvgIpc) is 2.86. The Morgan fingerprint density at radius 2 is 1.88 bits per heavy atom. The average molecular weight is 233 g/mol. The zero-order valence-electron chi connectivity index (χ0n) is 9.90. The van der Waals surface area contributed by atoms with E-state index in [0.717, 1.165) is 16.9 Å². The van der Waals surface area contributed by atoms with Gasteiger partial charge < -0.3 is 19.6 Å². The molecule has 1 aromatic carbocycles. The Morgan fingerprint density at radius 1 is 1.12 bits per heavy atom. The first kappa shape index (κ1) is 11.5. The van der Waals surface area contributed by atoms with Crippen molar-refractivity contribution in [2.75, 3.05) is 14.2 Å². The van der Waals surface area contributed by atoms with Crippen LogP contribution in [0.25, 0.3) is 11.1 Å². The molecule has 0 aliphatic rings. The van der Waals surface area contributed by atoms with Crippen molar-refractivity contribution in [1.29, 1.82) is 0 Å². The molecule has 4 heteroatoms. The highest BCUT2D eigenvalue weighted by molar-refractivity contribution is 5.68. The van der Waals surface area contributed by atoms with E-state index in [0.29, 0.717) is 18.0 Å². The van der Waals surface area contributed by atoms with E-state index in [2.05, 4.69) is 0 Å². The van der Waals surface area contributed by atoms with E-state index in [4.69, 9.17) is 19.6 Å². The molecule has 0 aliphatic heterocycles. The molecule has 0 saturated heterocycles. The lowest BCUT2D eigenvalue weighted by molar-refractivity contribution is 0.355. The van der Waals surface area contributed by atoms with Gasteiger partial charge in [-0.3, -0.25) is 0 Å². The quantitative estimate of drug-likeness (QED) is 0.881. The largest absolute Gasteiger partial charge is 0.493 e. The molecule has 1 aromatic heterocycles. The summed E-state index contributed by atoms with van der Waals surface area (Å²) in [6, 6.07) is 7.61. The van der Waals surface area contributed by atoms with Gasteiger partial charge in [0.05, 0.1) is 27.0 Å². The van der Waals surface area contributed by atoms with Gasteiger partial charge in [0, 0.05) is 5.56 Å². The lowest BCUT2D eigenvalue weighted by Crippen LogP contribution is -1.96. The number of benzene rings is 1. The maximum Gasteiger partial charge on any atom is 0.161 e. The van der Waals surface area contributed by atoms with E-state index in [1.807, 2.05) is 24.3 Å². The monoisotopic (exact) mass is 233 g/mol. The van der Waals surface area contributed by atoms with Gasteiger partial charge in [0.15, 0.2) is 11.5 Å². The molecule has 2 N–H and O–H groups in total. The first-order valence-electron chi connectivity index (χ1n) is 5.29. The molecule has 90 valence electrons. The van der Waals surface area contributed by atoms with E-state index < -0.39 is 0 Å². The van der Waals surface area contributed by atoms with Gasteiger partial charge in [-0.25, -0.2) is 0 Å². The summed E-state index contributed by atoms with van der Waals surface area (Å²) in [5.74, 6) is 2.15. The van der Waals surface area contributed by atoms with Crippen LogP contribution in [0.5, 0.6) is 11.5 Å². The molecule has 2 rings (SSSR count). The van der Waals surface area contributed by atoms with Crippen molar-refractivity contribution < 1.29 is 13.9 Å². The third-order valence-electron chi connectivity index (χ3n) is 2.63. The fraction of sp³-hybridized carbons (Fsp3) is 0.231. The van der Waals surface area contributed by atoms with Crippen molar-refractivity contribution in [3.05, 3.63) is 36.3 Å². The summed E-state index contributed by atoms with van der Waals surface area (Å²) in [6.07, 6.45) is 1.63. The summed E-state index contributed by atoms with van der Waals surface area (Å²) in [7, 11) is 3.22. The van der Waals surface area contributed by atoms with Crippen LogP contribution in [0.1, 0.15) is 5.76 Å². The lowest BCUT2D eigenvalue weighted by atomic mass is 10.1. The molecule has 0 radical (unpaired) electrons. The number of methoxy groups -OCH3 is 2. The minimum absolute atomic E-state index is 0.372. The predicted octanol–water partition coefficient (Wildman–Crippen LogP) is 2.42. The van der Waals surface area contributed by atoms with Crippen molar-refractivity contribution in [3.8, 4) is 22.6 Å². The maximum atomic E-state index is 5.61. The van der Waals surface area contributed by atoms with Gasteiger partial charge in [0.1, 0.15) is 5.76 Å². The van der Waals surface area contributed by atoms with Crippen molar-refractivity contribution in [1.82, 2.24) is 0 Å². The fourth-order valence-corrected chi connectivity index (χ4v) is 1.76. The van der Waals surface area contributed by atoms with Crippen molar-refractivity contribution in [2.45, 2.75) is 6.54 Å². The van der Waals surface area contributed by atoms with Crippen molar-refractivity contribution in [3.63, 3.8) is 0 Å². The molecular weight excluding hydrogens is 218 g/mol. The fourth-order valence-electron chi connectivity index (χ4n) is 1.76. The van der Waals surface area contributed by atoms with Gasteiger partial charge in [-0.05, 0) is 23.8 Å². The van der Waals surface area contributed by atoms with Gasteiger partial charge >= 0.3 is 0 Å². The smallest absolute Gasteiger partial charge is 0.161 e. The Balaban J connectivity index is 2.46. The summed E-state index contributed by atoms with van der Waals surface area (Å²) in [6.45, 7) is 0.372. The molecule has 0 aliphatic carbocycles. The second-order valence-electron chi connectivity index (χ2n) is 3.53. The molecule has 2 aromatic rings. The number of rotatable bonds is 4. The van der Waals surface area contributed by atoms with Crippen molar-refractivity contribution in [2.24, 2.45) is 5.73 Å². The molecule has 0 atom stereocenters. The van der Waals surface area contributed by atoms with E-state index in [1.165, 1.54) is 0 Å². The summed E-state index contributed by atoms with van der Waals surface area (Å²) >= 11 is 0. The standard InChI is InChI=1S/C13H15NO3/c1-15-11-4-3-9(7-12(11)16-2)10-5-6-17-13(10)8-14/h3-7H,8,14H2,1-2H3. The summed E-state index contributed by atoms with van der Waals surface area (Å²) in [5.41, 5.74) is 7.59. The van der Waals surface area contributed by atoms with Crippen LogP contribution in [0.3, 0.4) is 0 Å². The molecule has 0 saturated carbocycles. The Kier molecular flexibility index (Phi) is 3.35. The van der Waals surface area contributed by atoms with E-state index in [-0.39, 0.29) is 0 Å². The first-order chi connectivity index (χ1) is 8.30. The molecule has 17 heavy (non-hydrogen) atoms. The van der Waals surface area contributed by atoms with Gasteiger partial charge in [-0.1, -0.05) is 6.07 Å². The molecular formula is C13H15NO3. The third-order valence-corrected chi connectivity index (χ3v) is 2.63. The highest BCUT2D eigenvalue weighted by Crippen LogP contribution is 2.33. The van der Waals surface area contributed by atoms with Gasteiger partial charge in [0.25, 0.3) is 0 Å². The van der Waals surface area contributed by atoms with Crippen LogP contribution < -0.4 is 15.2 Å². The molecule has 0 fully saturated rings. The zero-order valence-corrected chi connectivity index (χ0v) is 9.90. The molecule has 4 nitrogen and oxygen atoms in total. The minimum Gasteiger partial charge on any atom is -0.493 e. The highest BCUT2D eigenvalue weighted by atomic mass is 16.5. The Hall–Kier alpha value is -1.94. The Bertz CT molecular complexity index is 505. The van der Waals surface area contributed by atoms with Crippen LogP contribution in [-0.4, -0.2) is 14.2 Å². The third kappa shape index (κ3) is 2.12. The maximum absolute atomic E-state index is 5.61. The number of hydrogen-bond donors (Lipinski definition) is 1. The summed E-state index contributed by atoms with van der Waals surface area (Å²) in [5, 5.41) is 0. The van der Waals surface area contributed by atoms with E-state index in [1.54, 1.807) is 20.5 Å². The van der Waals surface area contributed by atoms with E-state index in [9.17, 15) is 0 Å². The second-order valence-corrected chi connectivity index (χ2v) is 3.53. The minimum atomic E-state index is 0.372. The topological polar surface area (TPSA) is 57.6 Å². The molecule has 1 heterocycles. The molecule has 0 amide bonds. The first-order valence-corrected chi connectivity index (χ1v) is 5.29.